The van der Waals surface area contributed by atoms with Gasteiger partial charge in [-0.3, -0.25) is 19.1 Å². The minimum absolute atomic E-state index is 0.0187. The minimum Gasteiger partial charge on any atom is -0.394 e. The lowest BCUT2D eigenvalue weighted by molar-refractivity contribution is -0.0499. The molecule has 3 heterocycles. The average Bonchev–Trinajstić information content (AvgIpc) is 3.41. The standard InChI is InChI=1S/C29H50N6O6/c1-2-3-4-5-6-7-8-9-10-11-12-13-14-15-16-17-18-31-29-33-25(39)21-22(26(40)34-29)35(28(30)32-21)27-24(38)23(37)20(19-36)41-27/h20,23-24,27,36-38H,2-19H2,1H3,(H2,30,32)(H2,31,33,34,39,40)/t20-,23-,24-,27-/m1/s1. The highest BCUT2D eigenvalue weighted by atomic mass is 16.6. The maximum Gasteiger partial charge on any atom is 0.301 e. The molecule has 0 saturated carbocycles. The van der Waals surface area contributed by atoms with E-state index in [9.17, 15) is 24.9 Å². The number of nitrogens with two attached hydrogens (primary N) is 1. The molecule has 232 valence electrons. The van der Waals surface area contributed by atoms with Crippen LogP contribution in [0.2, 0.25) is 0 Å². The van der Waals surface area contributed by atoms with Crippen LogP contribution in [0.3, 0.4) is 0 Å². The molecule has 0 aromatic carbocycles. The molecule has 12 heteroatoms. The van der Waals surface area contributed by atoms with Crippen LogP contribution in [0.4, 0.5) is 11.9 Å². The third-order valence-electron chi connectivity index (χ3n) is 7.90. The first-order valence-electron chi connectivity index (χ1n) is 15.6. The number of aromatic amines is 1. The van der Waals surface area contributed by atoms with Gasteiger partial charge in [0.05, 0.1) is 6.61 Å². The van der Waals surface area contributed by atoms with Gasteiger partial charge in [0.25, 0.3) is 5.56 Å². The molecule has 7 N–H and O–H groups in total. The summed E-state index contributed by atoms with van der Waals surface area (Å²) in [7, 11) is 0. The topological polar surface area (TPSA) is 189 Å². The van der Waals surface area contributed by atoms with Crippen molar-refractivity contribution >= 4 is 22.9 Å². The highest BCUT2D eigenvalue weighted by Gasteiger charge is 2.45. The second-order valence-corrected chi connectivity index (χ2v) is 11.2. The summed E-state index contributed by atoms with van der Waals surface area (Å²) in [5, 5.41) is 32.9. The molecule has 3 rings (SSSR count). The number of rotatable bonds is 20. The van der Waals surface area contributed by atoms with Crippen LogP contribution in [-0.2, 0) is 4.74 Å². The third kappa shape index (κ3) is 9.49. The number of fused-ring (bicyclic) bond motifs is 1. The van der Waals surface area contributed by atoms with E-state index in [0.29, 0.717) is 6.54 Å². The molecular weight excluding hydrogens is 528 g/mol. The molecule has 2 aromatic rings. The molecule has 1 fully saturated rings. The summed E-state index contributed by atoms with van der Waals surface area (Å²) in [4.78, 5) is 36.2. The zero-order chi connectivity index (χ0) is 29.6. The van der Waals surface area contributed by atoms with Gasteiger partial charge in [-0.1, -0.05) is 103 Å². The molecule has 0 aliphatic carbocycles. The van der Waals surface area contributed by atoms with Gasteiger partial charge in [0.1, 0.15) is 23.8 Å². The molecule has 0 spiro atoms. The lowest BCUT2D eigenvalue weighted by Gasteiger charge is -2.17. The van der Waals surface area contributed by atoms with Crippen molar-refractivity contribution < 1.29 is 20.1 Å². The van der Waals surface area contributed by atoms with Crippen molar-refractivity contribution in [1.29, 1.82) is 0 Å². The lowest BCUT2D eigenvalue weighted by atomic mass is 10.0. The second-order valence-electron chi connectivity index (χ2n) is 11.2. The van der Waals surface area contributed by atoms with Crippen molar-refractivity contribution in [3.8, 4) is 0 Å². The van der Waals surface area contributed by atoms with Gasteiger partial charge in [0, 0.05) is 6.54 Å². The van der Waals surface area contributed by atoms with Gasteiger partial charge in [-0.15, -0.1) is 0 Å². The molecule has 12 nitrogen and oxygen atoms in total. The number of ether oxygens (including phenoxy) is 1. The van der Waals surface area contributed by atoms with E-state index in [4.69, 9.17) is 10.5 Å². The van der Waals surface area contributed by atoms with Crippen LogP contribution < -0.4 is 22.2 Å². The predicted octanol–water partition coefficient (Wildman–Crippen LogP) is 3.35. The highest BCUT2D eigenvalue weighted by molar-refractivity contribution is 5.76. The first-order chi connectivity index (χ1) is 19.9. The summed E-state index contributed by atoms with van der Waals surface area (Å²) in [6.45, 7) is 2.25. The fourth-order valence-corrected chi connectivity index (χ4v) is 5.48. The van der Waals surface area contributed by atoms with Crippen LogP contribution in [0.5, 0.6) is 0 Å². The summed E-state index contributed by atoms with van der Waals surface area (Å²) in [5.74, 6) is -0.238. The highest BCUT2D eigenvalue weighted by Crippen LogP contribution is 2.32. The number of nitrogens with zero attached hydrogens (tertiary/aromatic N) is 3. The molecule has 0 radical (unpaired) electrons. The third-order valence-corrected chi connectivity index (χ3v) is 7.90. The van der Waals surface area contributed by atoms with Gasteiger partial charge in [0.15, 0.2) is 11.7 Å². The van der Waals surface area contributed by atoms with Crippen LogP contribution in [0.15, 0.2) is 9.59 Å². The Morgan fingerprint density at radius 1 is 0.854 bits per heavy atom. The van der Waals surface area contributed by atoms with Crippen molar-refractivity contribution in [3.05, 3.63) is 20.7 Å². The van der Waals surface area contributed by atoms with Crippen LogP contribution in [0.1, 0.15) is 116 Å². The molecular formula is C29H50N6O6. The quantitative estimate of drug-likeness (QED) is 0.127. The van der Waals surface area contributed by atoms with Crippen molar-refractivity contribution in [3.63, 3.8) is 0 Å². The van der Waals surface area contributed by atoms with Crippen LogP contribution in [-0.4, -0.2) is 66.3 Å². The van der Waals surface area contributed by atoms with Crippen molar-refractivity contribution in [1.82, 2.24) is 19.5 Å². The summed E-state index contributed by atoms with van der Waals surface area (Å²) in [6.07, 6.45) is 15.2. The number of aliphatic hydroxyl groups is 3. The molecule has 0 unspecified atom stereocenters. The maximum absolute atomic E-state index is 13.0. The fourth-order valence-electron chi connectivity index (χ4n) is 5.48. The van der Waals surface area contributed by atoms with Crippen LogP contribution in [0, 0.1) is 0 Å². The number of H-pyrrole nitrogens is 1. The zero-order valence-corrected chi connectivity index (χ0v) is 24.5. The van der Waals surface area contributed by atoms with Crippen molar-refractivity contribution in [2.45, 2.75) is 134 Å². The van der Waals surface area contributed by atoms with Crippen molar-refractivity contribution in [2.75, 3.05) is 24.2 Å². The SMILES string of the molecule is CCCCCCCCCCCCCCCCCCNc1nc(=O)c2nc(N)n([C@@H]3O[C@H](CO)[C@@H](O)[C@H]3O)c2c(=O)[nH]1. The Hall–Kier alpha value is -2.54. The van der Waals surface area contributed by atoms with Crippen molar-refractivity contribution in [2.24, 2.45) is 0 Å². The number of unbranched alkanes of at least 4 members (excludes halogenated alkanes) is 15. The molecule has 1 aliphatic heterocycles. The molecule has 41 heavy (non-hydrogen) atoms. The Balaban J connectivity index is 1.37. The first-order valence-corrected chi connectivity index (χ1v) is 15.6. The monoisotopic (exact) mass is 578 g/mol. The number of hydrogen-bond donors (Lipinski definition) is 6. The van der Waals surface area contributed by atoms with E-state index in [0.717, 1.165) is 23.8 Å². The van der Waals surface area contributed by atoms with E-state index in [1.54, 1.807) is 0 Å². The molecule has 4 atom stereocenters. The molecule has 2 aromatic heterocycles. The Morgan fingerprint density at radius 2 is 1.39 bits per heavy atom. The van der Waals surface area contributed by atoms with Gasteiger partial charge in [-0.25, -0.2) is 4.98 Å². The van der Waals surface area contributed by atoms with Crippen LogP contribution >= 0.6 is 0 Å². The first kappa shape index (κ1) is 33.0. The number of anilines is 2. The Kier molecular flexibility index (Phi) is 14.0. The number of hydrogen-bond acceptors (Lipinski definition) is 10. The largest absolute Gasteiger partial charge is 0.394 e. The number of imidazole rings is 1. The molecule has 0 bridgehead atoms. The van der Waals surface area contributed by atoms with Gasteiger partial charge in [0.2, 0.25) is 11.9 Å². The summed E-state index contributed by atoms with van der Waals surface area (Å²) < 4.78 is 6.55. The smallest absolute Gasteiger partial charge is 0.301 e. The van der Waals surface area contributed by atoms with Gasteiger partial charge < -0.3 is 31.1 Å². The van der Waals surface area contributed by atoms with E-state index in [-0.39, 0.29) is 22.9 Å². The summed E-state index contributed by atoms with van der Waals surface area (Å²) in [5.41, 5.74) is 3.94. The van der Waals surface area contributed by atoms with E-state index in [2.05, 4.69) is 27.2 Å². The number of nitrogens with one attached hydrogen (secondary N) is 2. The number of nitrogen functional groups attached to an aromatic ring is 1. The van der Waals surface area contributed by atoms with Gasteiger partial charge in [-0.05, 0) is 6.42 Å². The lowest BCUT2D eigenvalue weighted by Crippen LogP contribution is -2.33. The Bertz CT molecular complexity index is 1170. The van der Waals surface area contributed by atoms with E-state index >= 15 is 0 Å². The second kappa shape index (κ2) is 17.4. The number of aliphatic hydroxyl groups excluding tert-OH is 3. The fraction of sp³-hybridized carbons (Fsp3) is 0.793. The van der Waals surface area contributed by atoms with Crippen LogP contribution in [0.25, 0.3) is 11.0 Å². The maximum atomic E-state index is 13.0. The molecule has 1 aliphatic rings. The van der Waals surface area contributed by atoms with Gasteiger partial charge >= 0.3 is 5.56 Å². The summed E-state index contributed by atoms with van der Waals surface area (Å²) >= 11 is 0. The van der Waals surface area contributed by atoms with E-state index in [1.807, 2.05) is 0 Å². The average molecular weight is 579 g/mol. The Morgan fingerprint density at radius 3 is 1.90 bits per heavy atom. The molecule has 0 amide bonds. The van der Waals surface area contributed by atoms with E-state index < -0.39 is 42.3 Å². The number of aromatic nitrogens is 4. The minimum atomic E-state index is -1.49. The Labute approximate surface area is 241 Å². The molecule has 1 saturated heterocycles. The van der Waals surface area contributed by atoms with Gasteiger partial charge in [-0.2, -0.15) is 4.98 Å². The predicted molar refractivity (Wildman–Crippen MR) is 160 cm³/mol. The normalized spacial score (nSPS) is 20.7. The zero-order valence-electron chi connectivity index (χ0n) is 24.5. The van der Waals surface area contributed by atoms with E-state index in [1.165, 1.54) is 83.5 Å². The summed E-state index contributed by atoms with van der Waals surface area (Å²) in [6, 6.07) is 0.